The van der Waals surface area contributed by atoms with Crippen LogP contribution in [0.2, 0.25) is 0 Å². The summed E-state index contributed by atoms with van der Waals surface area (Å²) in [4.78, 5) is 0. The van der Waals surface area contributed by atoms with E-state index in [0.717, 1.165) is 22.8 Å². The first-order valence-electron chi connectivity index (χ1n) is 6.96. The van der Waals surface area contributed by atoms with Crippen molar-refractivity contribution in [3.8, 4) is 5.75 Å². The van der Waals surface area contributed by atoms with E-state index in [1.165, 1.54) is 16.7 Å². The summed E-state index contributed by atoms with van der Waals surface area (Å²) in [6, 6.07) is 17.1. The Morgan fingerprint density at radius 1 is 0.952 bits per heavy atom. The van der Waals surface area contributed by atoms with Crippen LogP contribution < -0.4 is 4.74 Å². The lowest BCUT2D eigenvalue weighted by Crippen LogP contribution is -2.33. The van der Waals surface area contributed by atoms with Crippen molar-refractivity contribution in [2.24, 2.45) is 0 Å². The van der Waals surface area contributed by atoms with Crippen LogP contribution >= 0.6 is 31.9 Å². The standard InChI is InChI=1S/C18H20Br2O/c1-14-7-9-16(10-8-14)18(12-19,13-20)11-15-5-3-4-6-17(15)21-2/h3-10H,11-13H2,1-2H3. The summed E-state index contributed by atoms with van der Waals surface area (Å²) in [6.45, 7) is 2.12. The summed E-state index contributed by atoms with van der Waals surface area (Å²) < 4.78 is 5.50. The summed E-state index contributed by atoms with van der Waals surface area (Å²) >= 11 is 7.44. The molecule has 0 aliphatic heterocycles. The largest absolute Gasteiger partial charge is 0.496 e. The highest BCUT2D eigenvalue weighted by Crippen LogP contribution is 2.35. The van der Waals surface area contributed by atoms with Gasteiger partial charge in [-0.15, -0.1) is 0 Å². The molecule has 0 aromatic heterocycles. The highest BCUT2D eigenvalue weighted by Gasteiger charge is 2.31. The van der Waals surface area contributed by atoms with Crippen LogP contribution in [0.25, 0.3) is 0 Å². The molecule has 2 rings (SSSR count). The number of benzene rings is 2. The van der Waals surface area contributed by atoms with E-state index in [9.17, 15) is 0 Å². The highest BCUT2D eigenvalue weighted by molar-refractivity contribution is 9.09. The fraction of sp³-hybridized carbons (Fsp3) is 0.333. The maximum Gasteiger partial charge on any atom is 0.122 e. The van der Waals surface area contributed by atoms with Gasteiger partial charge in [-0.2, -0.15) is 0 Å². The van der Waals surface area contributed by atoms with Gasteiger partial charge in [0.2, 0.25) is 0 Å². The van der Waals surface area contributed by atoms with Crippen molar-refractivity contribution in [2.45, 2.75) is 18.8 Å². The zero-order chi connectivity index (χ0) is 15.3. The molecule has 0 N–H and O–H groups in total. The number of hydrogen-bond acceptors (Lipinski definition) is 1. The number of hydrogen-bond donors (Lipinski definition) is 0. The molecule has 112 valence electrons. The fourth-order valence-corrected chi connectivity index (χ4v) is 4.48. The predicted molar refractivity (Wildman–Crippen MR) is 97.1 cm³/mol. The van der Waals surface area contributed by atoms with Crippen molar-refractivity contribution in [1.82, 2.24) is 0 Å². The molecular weight excluding hydrogens is 392 g/mol. The third-order valence-corrected chi connectivity index (χ3v) is 6.04. The van der Waals surface area contributed by atoms with Crippen LogP contribution in [0.1, 0.15) is 16.7 Å². The fourth-order valence-electron chi connectivity index (χ4n) is 2.51. The monoisotopic (exact) mass is 410 g/mol. The Morgan fingerprint density at radius 2 is 1.57 bits per heavy atom. The summed E-state index contributed by atoms with van der Waals surface area (Å²) in [7, 11) is 1.73. The van der Waals surface area contributed by atoms with Crippen molar-refractivity contribution < 1.29 is 4.74 Å². The van der Waals surface area contributed by atoms with Crippen molar-refractivity contribution in [2.75, 3.05) is 17.8 Å². The molecule has 0 saturated carbocycles. The number of halogens is 2. The molecule has 2 aromatic rings. The van der Waals surface area contributed by atoms with E-state index < -0.39 is 0 Å². The average molecular weight is 412 g/mol. The van der Waals surface area contributed by atoms with E-state index >= 15 is 0 Å². The van der Waals surface area contributed by atoms with Gasteiger partial charge in [0, 0.05) is 16.1 Å². The molecule has 0 unspecified atom stereocenters. The Labute approximate surface area is 144 Å². The molecule has 21 heavy (non-hydrogen) atoms. The SMILES string of the molecule is COc1ccccc1CC(CBr)(CBr)c1ccc(C)cc1. The predicted octanol–water partition coefficient (Wildman–Crippen LogP) is 5.27. The number of ether oxygens (including phenoxy) is 1. The molecule has 0 bridgehead atoms. The maximum atomic E-state index is 5.50. The minimum Gasteiger partial charge on any atom is -0.496 e. The van der Waals surface area contributed by atoms with Crippen LogP contribution in [0.3, 0.4) is 0 Å². The molecule has 0 amide bonds. The Bertz CT molecular complexity index is 574. The lowest BCUT2D eigenvalue weighted by Gasteiger charge is -2.31. The number of alkyl halides is 2. The molecule has 0 radical (unpaired) electrons. The smallest absolute Gasteiger partial charge is 0.122 e. The van der Waals surface area contributed by atoms with Crippen molar-refractivity contribution in [3.63, 3.8) is 0 Å². The minimum absolute atomic E-state index is 0.0162. The second-order valence-corrected chi connectivity index (χ2v) is 6.52. The first kappa shape index (κ1) is 16.6. The number of para-hydroxylation sites is 1. The van der Waals surface area contributed by atoms with E-state index in [-0.39, 0.29) is 5.41 Å². The van der Waals surface area contributed by atoms with Crippen LogP contribution in [-0.4, -0.2) is 17.8 Å². The molecule has 3 heteroatoms. The van der Waals surface area contributed by atoms with Gasteiger partial charge in [0.25, 0.3) is 0 Å². The third-order valence-electron chi connectivity index (χ3n) is 3.90. The molecule has 0 aliphatic carbocycles. The molecule has 0 aliphatic rings. The molecule has 1 nitrogen and oxygen atoms in total. The summed E-state index contributed by atoms with van der Waals surface area (Å²) in [5.41, 5.74) is 3.88. The van der Waals surface area contributed by atoms with Gasteiger partial charge in [-0.3, -0.25) is 0 Å². The Morgan fingerprint density at radius 3 is 2.14 bits per heavy atom. The second kappa shape index (κ2) is 7.46. The van der Waals surface area contributed by atoms with Crippen LogP contribution in [0.4, 0.5) is 0 Å². The first-order chi connectivity index (χ1) is 10.1. The van der Waals surface area contributed by atoms with E-state index in [1.807, 2.05) is 12.1 Å². The van der Waals surface area contributed by atoms with Gasteiger partial charge >= 0.3 is 0 Å². The van der Waals surface area contributed by atoms with E-state index in [0.29, 0.717) is 0 Å². The van der Waals surface area contributed by atoms with Gasteiger partial charge in [-0.1, -0.05) is 79.9 Å². The lowest BCUT2D eigenvalue weighted by molar-refractivity contribution is 0.404. The van der Waals surface area contributed by atoms with Crippen molar-refractivity contribution >= 4 is 31.9 Å². The topological polar surface area (TPSA) is 9.23 Å². The lowest BCUT2D eigenvalue weighted by atomic mass is 9.78. The van der Waals surface area contributed by atoms with Crippen LogP contribution in [0, 0.1) is 6.92 Å². The molecule has 0 spiro atoms. The Kier molecular flexibility index (Phi) is 5.88. The number of aryl methyl sites for hydroxylation is 1. The van der Waals surface area contributed by atoms with Crippen molar-refractivity contribution in [3.05, 3.63) is 65.2 Å². The van der Waals surface area contributed by atoms with E-state index in [4.69, 9.17) is 4.74 Å². The van der Waals surface area contributed by atoms with Crippen LogP contribution in [-0.2, 0) is 11.8 Å². The van der Waals surface area contributed by atoms with Gasteiger partial charge in [-0.05, 0) is 30.5 Å². The normalized spacial score (nSPS) is 11.4. The van der Waals surface area contributed by atoms with Crippen LogP contribution in [0.5, 0.6) is 5.75 Å². The van der Waals surface area contributed by atoms with E-state index in [2.05, 4.69) is 75.2 Å². The second-order valence-electron chi connectivity index (χ2n) is 5.40. The summed E-state index contributed by atoms with van der Waals surface area (Å²) in [6.07, 6.45) is 0.927. The molecule has 0 heterocycles. The van der Waals surface area contributed by atoms with Gasteiger partial charge < -0.3 is 4.74 Å². The maximum absolute atomic E-state index is 5.50. The molecular formula is C18H20Br2O. The Balaban J connectivity index is 2.40. The van der Waals surface area contributed by atoms with Gasteiger partial charge in [0.05, 0.1) is 7.11 Å². The zero-order valence-electron chi connectivity index (χ0n) is 12.4. The highest BCUT2D eigenvalue weighted by atomic mass is 79.9. The molecule has 0 fully saturated rings. The summed E-state index contributed by atoms with van der Waals surface area (Å²) in [5, 5.41) is 1.79. The van der Waals surface area contributed by atoms with Crippen LogP contribution in [0.15, 0.2) is 48.5 Å². The quantitative estimate of drug-likeness (QED) is 0.588. The van der Waals surface area contributed by atoms with E-state index in [1.54, 1.807) is 7.11 Å². The zero-order valence-corrected chi connectivity index (χ0v) is 15.6. The van der Waals surface area contributed by atoms with Crippen molar-refractivity contribution in [1.29, 1.82) is 0 Å². The molecule has 2 aromatic carbocycles. The third kappa shape index (κ3) is 3.70. The number of rotatable bonds is 6. The van der Waals surface area contributed by atoms with Gasteiger partial charge in [0.1, 0.15) is 5.75 Å². The first-order valence-corrected chi connectivity index (χ1v) is 9.20. The number of methoxy groups -OCH3 is 1. The van der Waals surface area contributed by atoms with Gasteiger partial charge in [0.15, 0.2) is 0 Å². The van der Waals surface area contributed by atoms with Gasteiger partial charge in [-0.25, -0.2) is 0 Å². The molecule has 0 saturated heterocycles. The average Bonchev–Trinajstić information content (AvgIpc) is 2.54. The Hall–Kier alpha value is -0.800. The molecule has 0 atom stereocenters. The summed E-state index contributed by atoms with van der Waals surface area (Å²) in [5.74, 6) is 0.955. The minimum atomic E-state index is 0.0162.